The van der Waals surface area contributed by atoms with Crippen LogP contribution in [0.5, 0.6) is 0 Å². The molecule has 2 N–H and O–H groups in total. The highest BCUT2D eigenvalue weighted by molar-refractivity contribution is 6.30. The van der Waals surface area contributed by atoms with Crippen molar-refractivity contribution in [1.82, 2.24) is 10.4 Å². The van der Waals surface area contributed by atoms with E-state index in [1.165, 1.54) is 0 Å². The Morgan fingerprint density at radius 3 is 2.81 bits per heavy atom. The van der Waals surface area contributed by atoms with Crippen LogP contribution in [0.15, 0.2) is 47.8 Å². The maximum atomic E-state index is 11.7. The molecule has 0 aliphatic carbocycles. The Morgan fingerprint density at radius 1 is 1.33 bits per heavy atom. The van der Waals surface area contributed by atoms with Crippen LogP contribution in [-0.2, 0) is 4.79 Å². The zero-order chi connectivity index (χ0) is 15.1. The molecule has 0 aliphatic heterocycles. The van der Waals surface area contributed by atoms with Gasteiger partial charge < -0.3 is 5.32 Å². The summed E-state index contributed by atoms with van der Waals surface area (Å²) in [5.41, 5.74) is 5.17. The van der Waals surface area contributed by atoms with Gasteiger partial charge in [-0.3, -0.25) is 9.78 Å². The first-order valence-corrected chi connectivity index (χ1v) is 6.75. The lowest BCUT2D eigenvalue weighted by Crippen LogP contribution is -2.26. The molecule has 1 heterocycles. The maximum absolute atomic E-state index is 11.7. The fraction of sp³-hybridized carbons (Fsp3) is 0.133. The molecule has 0 atom stereocenters. The van der Waals surface area contributed by atoms with Gasteiger partial charge in [0.15, 0.2) is 0 Å². The van der Waals surface area contributed by atoms with Crippen molar-refractivity contribution in [3.05, 3.63) is 58.9 Å². The van der Waals surface area contributed by atoms with E-state index in [0.717, 1.165) is 16.8 Å². The number of aromatic nitrogens is 1. The largest absolute Gasteiger partial charge is 0.376 e. The van der Waals surface area contributed by atoms with Crippen LogP contribution in [0.4, 0.5) is 5.69 Å². The Hall–Kier alpha value is -2.40. The number of nitrogens with one attached hydrogen (secondary N) is 2. The van der Waals surface area contributed by atoms with E-state index in [2.05, 4.69) is 20.8 Å². The molecule has 0 saturated heterocycles. The maximum Gasteiger partial charge on any atom is 0.259 e. The van der Waals surface area contributed by atoms with Gasteiger partial charge in [0.2, 0.25) is 0 Å². The highest BCUT2D eigenvalue weighted by Gasteiger charge is 2.02. The van der Waals surface area contributed by atoms with E-state index in [9.17, 15) is 4.79 Å². The molecule has 0 aliphatic rings. The highest BCUT2D eigenvalue weighted by Crippen LogP contribution is 2.19. The minimum Gasteiger partial charge on any atom is -0.376 e. The van der Waals surface area contributed by atoms with Gasteiger partial charge in [0.25, 0.3) is 5.91 Å². The monoisotopic (exact) mass is 302 g/mol. The van der Waals surface area contributed by atoms with Crippen molar-refractivity contribution in [3.63, 3.8) is 0 Å². The summed E-state index contributed by atoms with van der Waals surface area (Å²) < 4.78 is 0. The SMILES string of the molecule is Cc1cc(Cl)ccc1NCC(=O)NN=Cc1ccncc1. The fourth-order valence-corrected chi connectivity index (χ4v) is 1.90. The molecule has 21 heavy (non-hydrogen) atoms. The van der Waals surface area contributed by atoms with E-state index in [-0.39, 0.29) is 12.5 Å². The highest BCUT2D eigenvalue weighted by atomic mass is 35.5. The van der Waals surface area contributed by atoms with Crippen LogP contribution in [0.2, 0.25) is 5.02 Å². The van der Waals surface area contributed by atoms with E-state index in [0.29, 0.717) is 5.02 Å². The first-order chi connectivity index (χ1) is 10.1. The second-order valence-electron chi connectivity index (χ2n) is 4.39. The summed E-state index contributed by atoms with van der Waals surface area (Å²) in [5, 5.41) is 7.58. The Morgan fingerprint density at radius 2 is 2.10 bits per heavy atom. The molecule has 5 nitrogen and oxygen atoms in total. The number of hydrogen-bond donors (Lipinski definition) is 2. The molecular weight excluding hydrogens is 288 g/mol. The third-order valence-corrected chi connectivity index (χ3v) is 2.97. The Balaban J connectivity index is 1.81. The summed E-state index contributed by atoms with van der Waals surface area (Å²) in [4.78, 5) is 15.6. The molecule has 2 aromatic rings. The molecule has 2 rings (SSSR count). The minimum atomic E-state index is -0.227. The summed E-state index contributed by atoms with van der Waals surface area (Å²) in [5.74, 6) is -0.227. The predicted octanol–water partition coefficient (Wildman–Crippen LogP) is 2.61. The van der Waals surface area contributed by atoms with Gasteiger partial charge in [0.1, 0.15) is 0 Å². The van der Waals surface area contributed by atoms with Crippen LogP contribution < -0.4 is 10.7 Å². The molecule has 0 saturated carbocycles. The van der Waals surface area contributed by atoms with Crippen molar-refractivity contribution in [2.45, 2.75) is 6.92 Å². The Bertz CT molecular complexity index is 643. The van der Waals surface area contributed by atoms with Gasteiger partial charge in [-0.25, -0.2) is 5.43 Å². The Labute approximate surface area is 128 Å². The number of nitrogens with zero attached hydrogens (tertiary/aromatic N) is 2. The quantitative estimate of drug-likeness (QED) is 0.659. The lowest BCUT2D eigenvalue weighted by atomic mass is 10.2. The van der Waals surface area contributed by atoms with Gasteiger partial charge in [-0.15, -0.1) is 0 Å². The van der Waals surface area contributed by atoms with Crippen LogP contribution in [0, 0.1) is 6.92 Å². The molecular formula is C15H15ClN4O. The van der Waals surface area contributed by atoms with Gasteiger partial charge in [-0.2, -0.15) is 5.10 Å². The van der Waals surface area contributed by atoms with Crippen molar-refractivity contribution in [2.75, 3.05) is 11.9 Å². The molecule has 108 valence electrons. The second kappa shape index (κ2) is 7.40. The number of hydrogen-bond acceptors (Lipinski definition) is 4. The summed E-state index contributed by atoms with van der Waals surface area (Å²) in [6, 6.07) is 9.04. The third kappa shape index (κ3) is 4.89. The van der Waals surface area contributed by atoms with Crippen molar-refractivity contribution < 1.29 is 4.79 Å². The van der Waals surface area contributed by atoms with Gasteiger partial charge in [-0.1, -0.05) is 11.6 Å². The summed E-state index contributed by atoms with van der Waals surface area (Å²) in [6.45, 7) is 2.06. The van der Waals surface area contributed by atoms with Gasteiger partial charge in [0, 0.05) is 23.1 Å². The molecule has 1 aromatic carbocycles. The number of pyridine rings is 1. The van der Waals surface area contributed by atoms with E-state index < -0.39 is 0 Å². The van der Waals surface area contributed by atoms with Gasteiger partial charge in [0.05, 0.1) is 12.8 Å². The van der Waals surface area contributed by atoms with Gasteiger partial charge in [-0.05, 0) is 48.4 Å². The summed E-state index contributed by atoms with van der Waals surface area (Å²) in [6.07, 6.45) is 4.88. The molecule has 0 spiro atoms. The number of amides is 1. The first-order valence-electron chi connectivity index (χ1n) is 6.37. The zero-order valence-electron chi connectivity index (χ0n) is 11.5. The fourth-order valence-electron chi connectivity index (χ4n) is 1.67. The average Bonchev–Trinajstić information content (AvgIpc) is 2.47. The number of benzene rings is 1. The standard InChI is InChI=1S/C15H15ClN4O/c1-11-8-13(16)2-3-14(11)18-10-15(21)20-19-9-12-4-6-17-7-5-12/h2-9,18H,10H2,1H3,(H,20,21). The topological polar surface area (TPSA) is 66.4 Å². The third-order valence-electron chi connectivity index (χ3n) is 2.74. The summed E-state index contributed by atoms with van der Waals surface area (Å²) >= 11 is 5.88. The van der Waals surface area contributed by atoms with Crippen LogP contribution in [0.3, 0.4) is 0 Å². The normalized spacial score (nSPS) is 10.6. The zero-order valence-corrected chi connectivity index (χ0v) is 12.3. The van der Waals surface area contributed by atoms with Crippen molar-refractivity contribution in [2.24, 2.45) is 5.10 Å². The smallest absolute Gasteiger partial charge is 0.259 e. The van der Waals surface area contributed by atoms with E-state index in [4.69, 9.17) is 11.6 Å². The van der Waals surface area contributed by atoms with Crippen LogP contribution in [-0.4, -0.2) is 23.7 Å². The Kier molecular flexibility index (Phi) is 5.29. The number of halogens is 1. The van der Waals surface area contributed by atoms with Crippen LogP contribution in [0.25, 0.3) is 0 Å². The molecule has 0 fully saturated rings. The molecule has 0 unspecified atom stereocenters. The molecule has 6 heteroatoms. The number of carbonyl (C=O) groups is 1. The lowest BCUT2D eigenvalue weighted by molar-refractivity contribution is -0.119. The minimum absolute atomic E-state index is 0.135. The predicted molar refractivity (Wildman–Crippen MR) is 84.7 cm³/mol. The van der Waals surface area contributed by atoms with Crippen LogP contribution >= 0.6 is 11.6 Å². The number of carbonyl (C=O) groups excluding carboxylic acids is 1. The van der Waals surface area contributed by atoms with Crippen molar-refractivity contribution in [1.29, 1.82) is 0 Å². The number of hydrazone groups is 1. The molecule has 0 bridgehead atoms. The molecule has 1 aromatic heterocycles. The number of anilines is 1. The average molecular weight is 303 g/mol. The van der Waals surface area contributed by atoms with Gasteiger partial charge >= 0.3 is 0 Å². The van der Waals surface area contributed by atoms with Crippen molar-refractivity contribution >= 4 is 29.4 Å². The first kappa shape index (κ1) is 15.0. The van der Waals surface area contributed by atoms with Crippen LogP contribution in [0.1, 0.15) is 11.1 Å². The van der Waals surface area contributed by atoms with Crippen molar-refractivity contribution in [3.8, 4) is 0 Å². The van der Waals surface area contributed by atoms with E-state index in [1.807, 2.05) is 19.1 Å². The number of rotatable bonds is 5. The molecule has 1 amide bonds. The molecule has 0 radical (unpaired) electrons. The van der Waals surface area contributed by atoms with E-state index in [1.54, 1.807) is 36.8 Å². The lowest BCUT2D eigenvalue weighted by Gasteiger charge is -2.08. The summed E-state index contributed by atoms with van der Waals surface area (Å²) in [7, 11) is 0. The van der Waals surface area contributed by atoms with E-state index >= 15 is 0 Å². The number of aryl methyl sites for hydroxylation is 1. The second-order valence-corrected chi connectivity index (χ2v) is 4.82.